The molecule has 0 amide bonds. The molecule has 2 fully saturated rings. The van der Waals surface area contributed by atoms with Gasteiger partial charge in [-0.2, -0.15) is 0 Å². The monoisotopic (exact) mass is 225 g/mol. The number of hydrogen-bond acceptors (Lipinski definition) is 2. The van der Waals surface area contributed by atoms with E-state index in [1.54, 1.807) is 0 Å². The van der Waals surface area contributed by atoms with E-state index in [1.165, 1.54) is 19.3 Å². The molecule has 2 saturated carbocycles. The molecule has 0 aromatic rings. The topological polar surface area (TPSA) is 59.6 Å². The van der Waals surface area contributed by atoms with Crippen LogP contribution in [0.5, 0.6) is 0 Å². The van der Waals surface area contributed by atoms with E-state index in [0.29, 0.717) is 23.5 Å². The van der Waals surface area contributed by atoms with Gasteiger partial charge in [0.15, 0.2) is 5.96 Å². The van der Waals surface area contributed by atoms with Crippen LogP contribution in [0.1, 0.15) is 39.0 Å². The maximum atomic E-state index is 5.86. The smallest absolute Gasteiger partial charge is 0.188 e. The Labute approximate surface area is 97.6 Å². The first kappa shape index (κ1) is 11.7. The van der Waals surface area contributed by atoms with E-state index in [0.717, 1.165) is 19.4 Å². The van der Waals surface area contributed by atoms with Crippen LogP contribution >= 0.6 is 0 Å². The molecule has 1 spiro atoms. The fourth-order valence-corrected chi connectivity index (χ4v) is 2.99. The summed E-state index contributed by atoms with van der Waals surface area (Å²) < 4.78 is 5.52. The van der Waals surface area contributed by atoms with Gasteiger partial charge in [0.1, 0.15) is 0 Å². The summed E-state index contributed by atoms with van der Waals surface area (Å²) in [6.07, 6.45) is 6.40. The first-order valence-electron chi connectivity index (χ1n) is 6.32. The molecule has 4 heteroatoms. The van der Waals surface area contributed by atoms with Gasteiger partial charge in [0, 0.05) is 25.1 Å². The lowest BCUT2D eigenvalue weighted by Crippen LogP contribution is -2.68. The SMILES string of the molecule is CCCN=C(N)NC1CC(OC)C12CCC2. The minimum absolute atomic E-state index is 0.362. The van der Waals surface area contributed by atoms with Gasteiger partial charge in [-0.15, -0.1) is 0 Å². The molecule has 92 valence electrons. The van der Waals surface area contributed by atoms with Gasteiger partial charge in [-0.3, -0.25) is 4.99 Å². The fourth-order valence-electron chi connectivity index (χ4n) is 2.99. The lowest BCUT2D eigenvalue weighted by atomic mass is 9.51. The predicted molar refractivity (Wildman–Crippen MR) is 65.4 cm³/mol. The molecule has 2 aliphatic rings. The molecule has 2 atom stereocenters. The van der Waals surface area contributed by atoms with Gasteiger partial charge in [0.2, 0.25) is 0 Å². The van der Waals surface area contributed by atoms with Crippen molar-refractivity contribution in [2.24, 2.45) is 16.1 Å². The zero-order chi connectivity index (χ0) is 11.6. The van der Waals surface area contributed by atoms with Crippen LogP contribution in [0.4, 0.5) is 0 Å². The highest BCUT2D eigenvalue weighted by atomic mass is 16.5. The number of methoxy groups -OCH3 is 1. The van der Waals surface area contributed by atoms with Gasteiger partial charge >= 0.3 is 0 Å². The molecular formula is C12H23N3O. The highest BCUT2D eigenvalue weighted by molar-refractivity contribution is 5.78. The Hall–Kier alpha value is -0.770. The van der Waals surface area contributed by atoms with Crippen molar-refractivity contribution in [2.45, 2.75) is 51.2 Å². The second-order valence-corrected chi connectivity index (χ2v) is 5.01. The summed E-state index contributed by atoms with van der Waals surface area (Å²) in [5, 5.41) is 3.36. The summed E-state index contributed by atoms with van der Waals surface area (Å²) in [7, 11) is 1.81. The van der Waals surface area contributed by atoms with E-state index in [-0.39, 0.29) is 0 Å². The van der Waals surface area contributed by atoms with E-state index >= 15 is 0 Å². The summed E-state index contributed by atoms with van der Waals surface area (Å²) in [5.74, 6) is 0.604. The van der Waals surface area contributed by atoms with Crippen LogP contribution in [0.3, 0.4) is 0 Å². The van der Waals surface area contributed by atoms with Crippen molar-refractivity contribution in [1.82, 2.24) is 5.32 Å². The van der Waals surface area contributed by atoms with Gasteiger partial charge in [-0.1, -0.05) is 13.3 Å². The third-order valence-electron chi connectivity index (χ3n) is 4.18. The lowest BCUT2D eigenvalue weighted by molar-refractivity contribution is -0.156. The van der Waals surface area contributed by atoms with Gasteiger partial charge in [-0.25, -0.2) is 0 Å². The van der Waals surface area contributed by atoms with Gasteiger partial charge < -0.3 is 15.8 Å². The van der Waals surface area contributed by atoms with Crippen LogP contribution < -0.4 is 11.1 Å². The zero-order valence-electron chi connectivity index (χ0n) is 10.3. The van der Waals surface area contributed by atoms with Crippen molar-refractivity contribution >= 4 is 5.96 Å². The number of nitrogens with one attached hydrogen (secondary N) is 1. The van der Waals surface area contributed by atoms with Crippen molar-refractivity contribution in [3.8, 4) is 0 Å². The molecule has 0 radical (unpaired) electrons. The maximum absolute atomic E-state index is 5.86. The third-order valence-corrected chi connectivity index (χ3v) is 4.18. The number of rotatable bonds is 4. The standard InChI is InChI=1S/C12H23N3O/c1-3-7-14-11(13)15-9-8-10(16-2)12(9)5-4-6-12/h9-10H,3-8H2,1-2H3,(H3,13,14,15). The first-order chi connectivity index (χ1) is 7.73. The average Bonchev–Trinajstić information content (AvgIpc) is 2.18. The molecule has 0 bridgehead atoms. The highest BCUT2D eigenvalue weighted by Crippen LogP contribution is 2.56. The Bertz CT molecular complexity index is 273. The normalized spacial score (nSPS) is 32.0. The molecule has 2 unspecified atom stereocenters. The highest BCUT2D eigenvalue weighted by Gasteiger charge is 2.58. The molecule has 16 heavy (non-hydrogen) atoms. The van der Waals surface area contributed by atoms with Crippen molar-refractivity contribution in [1.29, 1.82) is 0 Å². The number of guanidine groups is 1. The van der Waals surface area contributed by atoms with E-state index < -0.39 is 0 Å². The largest absolute Gasteiger partial charge is 0.381 e. The van der Waals surface area contributed by atoms with Crippen molar-refractivity contribution < 1.29 is 4.74 Å². The predicted octanol–water partition coefficient (Wildman–Crippen LogP) is 1.26. The second-order valence-electron chi connectivity index (χ2n) is 5.01. The summed E-state index contributed by atoms with van der Waals surface area (Å²) in [5.41, 5.74) is 6.22. The van der Waals surface area contributed by atoms with Crippen molar-refractivity contribution in [2.75, 3.05) is 13.7 Å². The Balaban J connectivity index is 1.87. The van der Waals surface area contributed by atoms with E-state index in [2.05, 4.69) is 17.2 Å². The molecular weight excluding hydrogens is 202 g/mol. The Morgan fingerprint density at radius 1 is 1.56 bits per heavy atom. The zero-order valence-corrected chi connectivity index (χ0v) is 10.3. The number of hydrogen-bond donors (Lipinski definition) is 2. The van der Waals surface area contributed by atoms with Crippen molar-refractivity contribution in [3.05, 3.63) is 0 Å². The second kappa shape index (κ2) is 4.62. The third kappa shape index (κ3) is 1.79. The Morgan fingerprint density at radius 3 is 2.81 bits per heavy atom. The van der Waals surface area contributed by atoms with Crippen LogP contribution in [0, 0.1) is 5.41 Å². The van der Waals surface area contributed by atoms with Crippen molar-refractivity contribution in [3.63, 3.8) is 0 Å². The van der Waals surface area contributed by atoms with E-state index in [4.69, 9.17) is 10.5 Å². The summed E-state index contributed by atoms with van der Waals surface area (Å²) in [6.45, 7) is 2.92. The molecule has 0 heterocycles. The Morgan fingerprint density at radius 2 is 2.31 bits per heavy atom. The number of ether oxygens (including phenoxy) is 1. The minimum Gasteiger partial charge on any atom is -0.381 e. The quantitative estimate of drug-likeness (QED) is 0.559. The molecule has 2 aliphatic carbocycles. The van der Waals surface area contributed by atoms with Crippen LogP contribution in [-0.2, 0) is 4.74 Å². The molecule has 0 saturated heterocycles. The molecule has 4 nitrogen and oxygen atoms in total. The molecule has 3 N–H and O–H groups in total. The lowest BCUT2D eigenvalue weighted by Gasteiger charge is -2.60. The summed E-state index contributed by atoms with van der Waals surface area (Å²) >= 11 is 0. The molecule has 0 aromatic carbocycles. The van der Waals surface area contributed by atoms with E-state index in [9.17, 15) is 0 Å². The number of nitrogens with zero attached hydrogens (tertiary/aromatic N) is 1. The summed E-state index contributed by atoms with van der Waals surface area (Å²) in [6, 6.07) is 0.479. The Kier molecular flexibility index (Phi) is 3.38. The number of aliphatic imine (C=N–C) groups is 1. The van der Waals surface area contributed by atoms with Gasteiger partial charge in [0.05, 0.1) is 6.10 Å². The number of nitrogens with two attached hydrogens (primary N) is 1. The van der Waals surface area contributed by atoms with Gasteiger partial charge in [0.25, 0.3) is 0 Å². The summed E-state index contributed by atoms with van der Waals surface area (Å²) in [4.78, 5) is 4.28. The molecule has 2 rings (SSSR count). The molecule has 0 aliphatic heterocycles. The van der Waals surface area contributed by atoms with Gasteiger partial charge in [-0.05, 0) is 25.7 Å². The van der Waals surface area contributed by atoms with Crippen LogP contribution in [0.2, 0.25) is 0 Å². The minimum atomic E-state index is 0.362. The fraction of sp³-hybridized carbons (Fsp3) is 0.917. The van der Waals surface area contributed by atoms with Crippen LogP contribution in [0.15, 0.2) is 4.99 Å². The first-order valence-corrected chi connectivity index (χ1v) is 6.32. The average molecular weight is 225 g/mol. The molecule has 0 aromatic heterocycles. The maximum Gasteiger partial charge on any atom is 0.188 e. The van der Waals surface area contributed by atoms with E-state index in [1.807, 2.05) is 7.11 Å². The van der Waals surface area contributed by atoms with Crippen LogP contribution in [0.25, 0.3) is 0 Å². The van der Waals surface area contributed by atoms with Crippen LogP contribution in [-0.4, -0.2) is 31.8 Å².